The highest BCUT2D eigenvalue weighted by Gasteiger charge is 2.04. The monoisotopic (exact) mass is 262 g/mol. The van der Waals surface area contributed by atoms with E-state index in [0.717, 1.165) is 0 Å². The van der Waals surface area contributed by atoms with Crippen molar-refractivity contribution < 1.29 is 0 Å². The van der Waals surface area contributed by atoms with Crippen molar-refractivity contribution in [3.8, 4) is 0 Å². The Bertz CT molecular complexity index is 240. The van der Waals surface area contributed by atoms with Gasteiger partial charge in [-0.3, -0.25) is 10.8 Å². The lowest BCUT2D eigenvalue weighted by Crippen LogP contribution is -2.16. The fraction of sp³-hybridized carbons (Fsp3) is 0.800. The zero-order valence-electron chi connectivity index (χ0n) is 10.4. The third-order valence-electron chi connectivity index (χ3n) is 2.02. The quantitative estimate of drug-likeness (QED) is 0.302. The lowest BCUT2D eigenvalue weighted by atomic mass is 10.1. The number of halogens is 1. The van der Waals surface area contributed by atoms with E-state index in [1.807, 2.05) is 13.8 Å². The molecule has 0 aromatic heterocycles. The van der Waals surface area contributed by atoms with Crippen LogP contribution >= 0.6 is 12.4 Å². The molecule has 0 saturated carbocycles. The minimum Gasteiger partial charge on any atom is -0.388 e. The van der Waals surface area contributed by atoms with Crippen LogP contribution in [0.1, 0.15) is 26.7 Å². The summed E-state index contributed by atoms with van der Waals surface area (Å²) in [6, 6.07) is 0. The van der Waals surface area contributed by atoms with Gasteiger partial charge >= 0.3 is 0 Å². The second-order valence-electron chi connectivity index (χ2n) is 4.32. The molecular weight excluding hydrogens is 240 g/mol. The Morgan fingerprint density at radius 2 is 1.24 bits per heavy atom. The Balaban J connectivity index is 0. The fourth-order valence-electron chi connectivity index (χ4n) is 1.27. The molecule has 0 rings (SSSR count). The van der Waals surface area contributed by atoms with Gasteiger partial charge < -0.3 is 11.5 Å². The van der Waals surface area contributed by atoms with Gasteiger partial charge in [0.1, 0.15) is 0 Å². The van der Waals surface area contributed by atoms with Crippen LogP contribution in [0.3, 0.4) is 0 Å². The summed E-state index contributed by atoms with van der Waals surface area (Å²) in [5.74, 6) is 0.883. The first kappa shape index (κ1) is 18.2. The maximum absolute atomic E-state index is 7.12. The van der Waals surface area contributed by atoms with Crippen LogP contribution in [0, 0.1) is 22.7 Å². The summed E-state index contributed by atoms with van der Waals surface area (Å²) in [6.07, 6.45) is 1.12. The molecule has 0 bridgehead atoms. The molecule has 0 aromatic rings. The van der Waals surface area contributed by atoms with Crippen LogP contribution in [-0.2, 0) is 0 Å². The number of nitrogens with one attached hydrogen (secondary N) is 2. The number of rotatable bonds is 8. The standard InChI is InChI=1S/C10H22N6.ClH/c1-7(3-9(11)12)5-15-16-6-8(2)4-10(13)14;/h7-8H,3-6H2,1-2H3,(H3,11,12)(H3,13,14);1H. The zero-order valence-corrected chi connectivity index (χ0v) is 11.3. The summed E-state index contributed by atoms with van der Waals surface area (Å²) in [4.78, 5) is 0. The van der Waals surface area contributed by atoms with Gasteiger partial charge in [-0.15, -0.1) is 12.4 Å². The van der Waals surface area contributed by atoms with Gasteiger partial charge in [-0.05, 0) is 11.8 Å². The van der Waals surface area contributed by atoms with E-state index in [1.165, 1.54) is 0 Å². The first-order valence-corrected chi connectivity index (χ1v) is 5.40. The molecule has 0 amide bonds. The van der Waals surface area contributed by atoms with Crippen molar-refractivity contribution in [3.05, 3.63) is 0 Å². The van der Waals surface area contributed by atoms with Crippen LogP contribution in [0.2, 0.25) is 0 Å². The molecule has 6 N–H and O–H groups in total. The fourth-order valence-corrected chi connectivity index (χ4v) is 1.27. The van der Waals surface area contributed by atoms with Gasteiger partial charge in [-0.25, -0.2) is 0 Å². The van der Waals surface area contributed by atoms with E-state index in [1.54, 1.807) is 0 Å². The summed E-state index contributed by atoms with van der Waals surface area (Å²) in [5.41, 5.74) is 10.5. The number of amidine groups is 2. The molecule has 0 heterocycles. The first-order valence-electron chi connectivity index (χ1n) is 5.40. The van der Waals surface area contributed by atoms with E-state index in [-0.39, 0.29) is 35.9 Å². The van der Waals surface area contributed by atoms with Gasteiger partial charge in [-0.2, -0.15) is 10.2 Å². The number of hydrogen-bond donors (Lipinski definition) is 4. The van der Waals surface area contributed by atoms with Crippen molar-refractivity contribution >= 4 is 24.1 Å². The van der Waals surface area contributed by atoms with Crippen LogP contribution < -0.4 is 11.5 Å². The molecule has 7 heteroatoms. The molecule has 2 atom stereocenters. The van der Waals surface area contributed by atoms with Crippen molar-refractivity contribution in [2.24, 2.45) is 33.5 Å². The lowest BCUT2D eigenvalue weighted by molar-refractivity contribution is 0.562. The summed E-state index contributed by atoms with van der Waals surface area (Å²) < 4.78 is 0. The molecule has 0 aromatic carbocycles. The summed E-state index contributed by atoms with van der Waals surface area (Å²) in [6.45, 7) is 5.15. The Kier molecular flexibility index (Phi) is 10.7. The first-order chi connectivity index (χ1) is 7.41. The molecule has 0 aliphatic rings. The van der Waals surface area contributed by atoms with Gasteiger partial charge in [0.25, 0.3) is 0 Å². The van der Waals surface area contributed by atoms with Gasteiger partial charge in [0.05, 0.1) is 24.8 Å². The third kappa shape index (κ3) is 12.8. The highest BCUT2D eigenvalue weighted by molar-refractivity contribution is 5.85. The minimum absolute atomic E-state index is 0. The minimum atomic E-state index is 0. The number of hydrogen-bond acceptors (Lipinski definition) is 4. The summed E-state index contributed by atoms with van der Waals surface area (Å²) in [5, 5.41) is 22.3. The van der Waals surface area contributed by atoms with Gasteiger partial charge in [0.2, 0.25) is 0 Å². The molecule has 6 nitrogen and oxygen atoms in total. The van der Waals surface area contributed by atoms with Crippen molar-refractivity contribution in [3.63, 3.8) is 0 Å². The largest absolute Gasteiger partial charge is 0.388 e. The lowest BCUT2D eigenvalue weighted by Gasteiger charge is -2.07. The normalized spacial score (nSPS) is 14.0. The molecule has 17 heavy (non-hydrogen) atoms. The van der Waals surface area contributed by atoms with Crippen molar-refractivity contribution in [1.82, 2.24) is 0 Å². The highest BCUT2D eigenvalue weighted by atomic mass is 35.5. The van der Waals surface area contributed by atoms with E-state index < -0.39 is 0 Å². The van der Waals surface area contributed by atoms with E-state index in [4.69, 9.17) is 22.3 Å². The van der Waals surface area contributed by atoms with E-state index in [9.17, 15) is 0 Å². The van der Waals surface area contributed by atoms with Gasteiger partial charge in [-0.1, -0.05) is 13.8 Å². The molecule has 0 aliphatic heterocycles. The maximum atomic E-state index is 7.12. The Morgan fingerprint density at radius 1 is 0.941 bits per heavy atom. The van der Waals surface area contributed by atoms with Crippen molar-refractivity contribution in [1.29, 1.82) is 10.8 Å². The van der Waals surface area contributed by atoms with Gasteiger partial charge in [0, 0.05) is 12.8 Å². The topological polar surface area (TPSA) is 124 Å². The molecule has 0 spiro atoms. The zero-order chi connectivity index (χ0) is 12.6. The summed E-state index contributed by atoms with van der Waals surface area (Å²) >= 11 is 0. The van der Waals surface area contributed by atoms with Crippen LogP contribution in [0.5, 0.6) is 0 Å². The molecular formula is C10H23ClN6. The summed E-state index contributed by atoms with van der Waals surface area (Å²) in [7, 11) is 0. The Hall–Kier alpha value is -1.17. The van der Waals surface area contributed by atoms with Crippen LogP contribution in [0.4, 0.5) is 0 Å². The van der Waals surface area contributed by atoms with Crippen molar-refractivity contribution in [2.45, 2.75) is 26.7 Å². The van der Waals surface area contributed by atoms with Crippen LogP contribution in [0.15, 0.2) is 10.2 Å². The molecule has 100 valence electrons. The average molecular weight is 263 g/mol. The smallest absolute Gasteiger partial charge is 0.0908 e. The average Bonchev–Trinajstić information content (AvgIpc) is 2.10. The second kappa shape index (κ2) is 10.0. The highest BCUT2D eigenvalue weighted by Crippen LogP contribution is 2.04. The second-order valence-corrected chi connectivity index (χ2v) is 4.32. The van der Waals surface area contributed by atoms with Crippen LogP contribution in [-0.4, -0.2) is 24.8 Å². The molecule has 0 radical (unpaired) electrons. The number of azo groups is 1. The molecule has 0 saturated heterocycles. The number of nitrogens with zero attached hydrogens (tertiary/aromatic N) is 2. The molecule has 2 unspecified atom stereocenters. The third-order valence-corrected chi connectivity index (χ3v) is 2.02. The number of nitrogens with two attached hydrogens (primary N) is 2. The predicted octanol–water partition coefficient (Wildman–Crippen LogP) is 1.78. The van der Waals surface area contributed by atoms with Gasteiger partial charge in [0.15, 0.2) is 0 Å². The van der Waals surface area contributed by atoms with E-state index in [0.29, 0.717) is 25.9 Å². The maximum Gasteiger partial charge on any atom is 0.0908 e. The Morgan fingerprint density at radius 3 is 1.47 bits per heavy atom. The van der Waals surface area contributed by atoms with E-state index in [2.05, 4.69) is 10.2 Å². The van der Waals surface area contributed by atoms with Crippen molar-refractivity contribution in [2.75, 3.05) is 13.1 Å². The Labute approximate surface area is 109 Å². The molecule has 0 aliphatic carbocycles. The SMILES string of the molecule is CC(CN=NCC(C)CC(=N)N)CC(=N)N.Cl. The molecule has 0 fully saturated rings. The van der Waals surface area contributed by atoms with E-state index >= 15 is 0 Å². The van der Waals surface area contributed by atoms with Crippen LogP contribution in [0.25, 0.3) is 0 Å². The predicted molar refractivity (Wildman–Crippen MR) is 73.2 cm³/mol.